The summed E-state index contributed by atoms with van der Waals surface area (Å²) in [5.74, 6) is 0.259. The minimum absolute atomic E-state index is 0.209. The second-order valence-corrected chi connectivity index (χ2v) is 4.81. The van der Waals surface area contributed by atoms with Crippen LogP contribution >= 0.6 is 0 Å². The zero-order chi connectivity index (χ0) is 12.5. The van der Waals surface area contributed by atoms with E-state index in [9.17, 15) is 4.39 Å². The van der Waals surface area contributed by atoms with E-state index in [-0.39, 0.29) is 5.82 Å². The van der Waals surface area contributed by atoms with Gasteiger partial charge in [-0.25, -0.2) is 9.37 Å². The van der Waals surface area contributed by atoms with Crippen LogP contribution in [0.4, 0.5) is 4.39 Å². The molecule has 1 saturated heterocycles. The highest BCUT2D eigenvalue weighted by Crippen LogP contribution is 2.26. The Morgan fingerprint density at radius 2 is 2.33 bits per heavy atom. The molecule has 1 fully saturated rings. The van der Waals surface area contributed by atoms with Crippen LogP contribution in [0.3, 0.4) is 0 Å². The van der Waals surface area contributed by atoms with E-state index in [2.05, 4.69) is 10.3 Å². The Bertz CT molecular complexity index is 556. The Morgan fingerprint density at radius 3 is 3.11 bits per heavy atom. The van der Waals surface area contributed by atoms with Crippen molar-refractivity contribution in [1.82, 2.24) is 14.9 Å². The van der Waals surface area contributed by atoms with Gasteiger partial charge in [0.15, 0.2) is 0 Å². The fourth-order valence-corrected chi connectivity index (χ4v) is 2.56. The summed E-state index contributed by atoms with van der Waals surface area (Å²) in [6, 6.07) is 4.87. The number of hydrogen-bond acceptors (Lipinski definition) is 2. The van der Waals surface area contributed by atoms with E-state index in [4.69, 9.17) is 0 Å². The molecule has 2 aromatic rings. The van der Waals surface area contributed by atoms with Gasteiger partial charge in [0.2, 0.25) is 0 Å². The van der Waals surface area contributed by atoms with Crippen LogP contribution in [-0.4, -0.2) is 22.6 Å². The third kappa shape index (κ3) is 1.93. The highest BCUT2D eigenvalue weighted by atomic mass is 19.1. The maximum absolute atomic E-state index is 13.4. The van der Waals surface area contributed by atoms with E-state index in [0.717, 1.165) is 36.5 Å². The Morgan fingerprint density at radius 1 is 1.44 bits per heavy atom. The topological polar surface area (TPSA) is 29.9 Å². The van der Waals surface area contributed by atoms with Gasteiger partial charge >= 0.3 is 0 Å². The molecule has 2 heterocycles. The SMILES string of the molecule is Cc1ccc(F)cc1-n1cncc1C1CCNC1. The Hall–Kier alpha value is -1.68. The van der Waals surface area contributed by atoms with E-state index in [0.29, 0.717) is 5.92 Å². The smallest absolute Gasteiger partial charge is 0.125 e. The van der Waals surface area contributed by atoms with Crippen LogP contribution < -0.4 is 5.32 Å². The van der Waals surface area contributed by atoms with E-state index in [1.165, 1.54) is 6.07 Å². The molecule has 1 aliphatic heterocycles. The van der Waals surface area contributed by atoms with Gasteiger partial charge in [-0.05, 0) is 37.6 Å². The molecular formula is C14H16FN3. The van der Waals surface area contributed by atoms with Gasteiger partial charge in [0.1, 0.15) is 5.82 Å². The number of nitrogens with one attached hydrogen (secondary N) is 1. The minimum atomic E-state index is -0.209. The standard InChI is InChI=1S/C14H16FN3/c1-10-2-3-12(15)6-13(10)18-9-17-8-14(18)11-4-5-16-7-11/h2-3,6,8-9,11,16H,4-5,7H2,1H3. The number of rotatable bonds is 2. The average molecular weight is 245 g/mol. The first-order valence-corrected chi connectivity index (χ1v) is 6.25. The van der Waals surface area contributed by atoms with Gasteiger partial charge in [0.05, 0.1) is 12.0 Å². The van der Waals surface area contributed by atoms with Crippen LogP contribution in [0, 0.1) is 12.7 Å². The van der Waals surface area contributed by atoms with Crippen molar-refractivity contribution in [3.63, 3.8) is 0 Å². The predicted octanol–water partition coefficient (Wildman–Crippen LogP) is 2.40. The second kappa shape index (κ2) is 4.53. The van der Waals surface area contributed by atoms with Crippen molar-refractivity contribution in [3.8, 4) is 5.69 Å². The van der Waals surface area contributed by atoms with Gasteiger partial charge in [-0.15, -0.1) is 0 Å². The van der Waals surface area contributed by atoms with Gasteiger partial charge in [0, 0.05) is 24.4 Å². The molecule has 1 aromatic carbocycles. The van der Waals surface area contributed by atoms with Crippen LogP contribution in [0.15, 0.2) is 30.7 Å². The molecule has 3 nitrogen and oxygen atoms in total. The lowest BCUT2D eigenvalue weighted by Crippen LogP contribution is -2.11. The zero-order valence-corrected chi connectivity index (χ0v) is 10.4. The van der Waals surface area contributed by atoms with Crippen molar-refractivity contribution in [2.24, 2.45) is 0 Å². The Labute approximate surface area is 106 Å². The summed E-state index contributed by atoms with van der Waals surface area (Å²) in [6.45, 7) is 4.00. The average Bonchev–Trinajstić information content (AvgIpc) is 3.00. The van der Waals surface area contributed by atoms with Crippen LogP contribution in [0.1, 0.15) is 23.6 Å². The van der Waals surface area contributed by atoms with Crippen molar-refractivity contribution in [2.45, 2.75) is 19.3 Å². The van der Waals surface area contributed by atoms with Crippen LogP contribution in [0.2, 0.25) is 0 Å². The molecule has 0 aliphatic carbocycles. The lowest BCUT2D eigenvalue weighted by Gasteiger charge is -2.14. The molecule has 1 atom stereocenters. The molecule has 0 saturated carbocycles. The number of imidazole rings is 1. The summed E-state index contributed by atoms with van der Waals surface area (Å²) < 4.78 is 15.4. The van der Waals surface area contributed by atoms with E-state index >= 15 is 0 Å². The maximum atomic E-state index is 13.4. The van der Waals surface area contributed by atoms with Gasteiger partial charge in [-0.1, -0.05) is 6.07 Å². The summed E-state index contributed by atoms with van der Waals surface area (Å²) >= 11 is 0. The normalized spacial score (nSPS) is 19.3. The van der Waals surface area contributed by atoms with E-state index in [1.807, 2.05) is 17.7 Å². The number of aromatic nitrogens is 2. The summed E-state index contributed by atoms with van der Waals surface area (Å²) in [5.41, 5.74) is 3.10. The molecule has 0 spiro atoms. The fraction of sp³-hybridized carbons (Fsp3) is 0.357. The van der Waals surface area contributed by atoms with E-state index in [1.54, 1.807) is 18.5 Å². The molecule has 1 N–H and O–H groups in total. The molecule has 4 heteroatoms. The maximum Gasteiger partial charge on any atom is 0.125 e. The third-order valence-electron chi connectivity index (χ3n) is 3.58. The van der Waals surface area contributed by atoms with Crippen molar-refractivity contribution in [2.75, 3.05) is 13.1 Å². The number of aryl methyl sites for hydroxylation is 1. The monoisotopic (exact) mass is 245 g/mol. The predicted molar refractivity (Wildman–Crippen MR) is 68.5 cm³/mol. The molecule has 0 bridgehead atoms. The summed E-state index contributed by atoms with van der Waals surface area (Å²) in [7, 11) is 0. The Balaban J connectivity index is 2.06. The highest BCUT2D eigenvalue weighted by molar-refractivity contribution is 5.42. The summed E-state index contributed by atoms with van der Waals surface area (Å²) in [6.07, 6.45) is 4.78. The molecule has 1 aromatic heterocycles. The summed E-state index contributed by atoms with van der Waals surface area (Å²) in [4.78, 5) is 4.23. The zero-order valence-electron chi connectivity index (χ0n) is 10.4. The van der Waals surface area contributed by atoms with E-state index < -0.39 is 0 Å². The molecule has 1 unspecified atom stereocenters. The first-order valence-electron chi connectivity index (χ1n) is 6.25. The molecule has 3 rings (SSSR count). The van der Waals surface area contributed by atoms with Gasteiger partial charge in [-0.3, -0.25) is 0 Å². The lowest BCUT2D eigenvalue weighted by atomic mass is 10.0. The Kier molecular flexibility index (Phi) is 2.88. The van der Waals surface area contributed by atoms with Crippen LogP contribution in [-0.2, 0) is 0 Å². The van der Waals surface area contributed by atoms with Gasteiger partial charge in [-0.2, -0.15) is 0 Å². The fourth-order valence-electron chi connectivity index (χ4n) is 2.56. The van der Waals surface area contributed by atoms with Crippen molar-refractivity contribution in [3.05, 3.63) is 47.8 Å². The highest BCUT2D eigenvalue weighted by Gasteiger charge is 2.21. The quantitative estimate of drug-likeness (QED) is 0.880. The lowest BCUT2D eigenvalue weighted by molar-refractivity contribution is 0.624. The molecule has 18 heavy (non-hydrogen) atoms. The molecular weight excluding hydrogens is 229 g/mol. The number of benzene rings is 1. The van der Waals surface area contributed by atoms with Gasteiger partial charge < -0.3 is 9.88 Å². The van der Waals surface area contributed by atoms with Crippen LogP contribution in [0.25, 0.3) is 5.69 Å². The van der Waals surface area contributed by atoms with Crippen molar-refractivity contribution >= 4 is 0 Å². The molecule has 0 amide bonds. The van der Waals surface area contributed by atoms with Crippen molar-refractivity contribution < 1.29 is 4.39 Å². The first kappa shape index (κ1) is 11.4. The number of halogens is 1. The second-order valence-electron chi connectivity index (χ2n) is 4.81. The summed E-state index contributed by atoms with van der Waals surface area (Å²) in [5, 5.41) is 3.35. The first-order chi connectivity index (χ1) is 8.75. The number of hydrogen-bond donors (Lipinski definition) is 1. The minimum Gasteiger partial charge on any atom is -0.316 e. The van der Waals surface area contributed by atoms with Crippen molar-refractivity contribution in [1.29, 1.82) is 0 Å². The molecule has 1 aliphatic rings. The van der Waals surface area contributed by atoms with Crippen LogP contribution in [0.5, 0.6) is 0 Å². The molecule has 94 valence electrons. The third-order valence-corrected chi connectivity index (χ3v) is 3.58. The number of nitrogens with zero attached hydrogens (tertiary/aromatic N) is 2. The largest absolute Gasteiger partial charge is 0.316 e. The van der Waals surface area contributed by atoms with Gasteiger partial charge in [0.25, 0.3) is 0 Å². The molecule has 0 radical (unpaired) electrons.